The fourth-order valence-electron chi connectivity index (χ4n) is 5.41. The van der Waals surface area contributed by atoms with Gasteiger partial charge < -0.3 is 14.0 Å². The van der Waals surface area contributed by atoms with Crippen LogP contribution in [0.15, 0.2) is 41.2 Å². The van der Waals surface area contributed by atoms with Crippen LogP contribution in [-0.2, 0) is 22.6 Å². The summed E-state index contributed by atoms with van der Waals surface area (Å²) >= 11 is 0. The maximum Gasteiger partial charge on any atom is 0.257 e. The van der Waals surface area contributed by atoms with Crippen molar-refractivity contribution < 1.29 is 9.47 Å². The Morgan fingerprint density at radius 2 is 2.04 bits per heavy atom. The first-order valence-electron chi connectivity index (χ1n) is 10.0. The molecule has 4 heterocycles. The molecular weight excluding hydrogens is 352 g/mol. The van der Waals surface area contributed by atoms with E-state index in [9.17, 15) is 4.79 Å². The molecule has 1 aliphatic carbocycles. The molecule has 0 bridgehead atoms. The molecule has 0 saturated heterocycles. The molecule has 0 N–H and O–H groups in total. The summed E-state index contributed by atoms with van der Waals surface area (Å²) in [6, 6.07) is 12.4. The molecule has 0 radical (unpaired) electrons. The first kappa shape index (κ1) is 16.5. The lowest BCUT2D eigenvalue weighted by Gasteiger charge is -2.41. The number of nitrogens with zero attached hydrogens (tertiary/aromatic N) is 2. The standard InChI is InChI=1S/C23H22N2O3/c1-27-21-16-11-19-20-15(10-14-6-2-3-7-18(14)24-20)12-25(19)22(26)17(16)13-28-23(21)8-4-5-9-23/h2-3,6-7,10-11,21H,4-5,8-9,12-13H2,1H3. The Hall–Kier alpha value is -2.50. The van der Waals surface area contributed by atoms with Crippen LogP contribution in [0.3, 0.4) is 0 Å². The molecule has 5 nitrogen and oxygen atoms in total. The van der Waals surface area contributed by atoms with E-state index in [1.165, 1.54) is 0 Å². The van der Waals surface area contributed by atoms with E-state index in [1.807, 2.05) is 22.8 Å². The highest BCUT2D eigenvalue weighted by Crippen LogP contribution is 2.49. The molecule has 1 spiro atoms. The second-order valence-electron chi connectivity index (χ2n) is 8.22. The van der Waals surface area contributed by atoms with E-state index in [0.29, 0.717) is 13.2 Å². The van der Waals surface area contributed by atoms with Crippen molar-refractivity contribution in [1.82, 2.24) is 9.55 Å². The summed E-state index contributed by atoms with van der Waals surface area (Å²) < 4.78 is 14.1. The third-order valence-electron chi connectivity index (χ3n) is 6.76. The fourth-order valence-corrected chi connectivity index (χ4v) is 5.41. The number of methoxy groups -OCH3 is 1. The maximum atomic E-state index is 13.3. The largest absolute Gasteiger partial charge is 0.374 e. The van der Waals surface area contributed by atoms with Crippen molar-refractivity contribution in [3.8, 4) is 11.4 Å². The monoisotopic (exact) mass is 374 g/mol. The topological polar surface area (TPSA) is 53.4 Å². The summed E-state index contributed by atoms with van der Waals surface area (Å²) in [7, 11) is 1.73. The van der Waals surface area contributed by atoms with Crippen LogP contribution < -0.4 is 5.56 Å². The summed E-state index contributed by atoms with van der Waals surface area (Å²) in [6.07, 6.45) is 4.08. The lowest BCUT2D eigenvalue weighted by molar-refractivity contribution is -0.156. The zero-order valence-corrected chi connectivity index (χ0v) is 15.9. The second-order valence-corrected chi connectivity index (χ2v) is 8.22. The SMILES string of the molecule is COC1c2cc3n(c(=O)c2COC12CCCC2)Cc1cc2ccccc2nc1-3. The van der Waals surface area contributed by atoms with Gasteiger partial charge in [0.05, 0.1) is 35.7 Å². The summed E-state index contributed by atoms with van der Waals surface area (Å²) in [5.74, 6) is 0. The van der Waals surface area contributed by atoms with Crippen LogP contribution >= 0.6 is 0 Å². The van der Waals surface area contributed by atoms with E-state index in [-0.39, 0.29) is 17.3 Å². The summed E-state index contributed by atoms with van der Waals surface area (Å²) in [6.45, 7) is 0.942. The van der Waals surface area contributed by atoms with Crippen molar-refractivity contribution >= 4 is 10.9 Å². The first-order valence-corrected chi connectivity index (χ1v) is 10.0. The molecule has 3 aromatic rings. The Bertz CT molecular complexity index is 1170. The number of pyridine rings is 2. The lowest BCUT2D eigenvalue weighted by Crippen LogP contribution is -2.44. The van der Waals surface area contributed by atoms with E-state index in [1.54, 1.807) is 7.11 Å². The lowest BCUT2D eigenvalue weighted by atomic mass is 9.84. The number of para-hydroxylation sites is 1. The minimum Gasteiger partial charge on any atom is -0.374 e. The van der Waals surface area contributed by atoms with Gasteiger partial charge in [-0.25, -0.2) is 4.98 Å². The van der Waals surface area contributed by atoms with Gasteiger partial charge in [-0.3, -0.25) is 4.79 Å². The van der Waals surface area contributed by atoms with Crippen LogP contribution in [0.5, 0.6) is 0 Å². The third-order valence-corrected chi connectivity index (χ3v) is 6.76. The van der Waals surface area contributed by atoms with E-state index in [0.717, 1.165) is 64.7 Å². The quantitative estimate of drug-likeness (QED) is 0.506. The highest BCUT2D eigenvalue weighted by atomic mass is 16.5. The van der Waals surface area contributed by atoms with Crippen molar-refractivity contribution in [3.63, 3.8) is 0 Å². The Morgan fingerprint density at radius 3 is 2.86 bits per heavy atom. The van der Waals surface area contributed by atoms with E-state index < -0.39 is 0 Å². The Labute approximate surface area is 162 Å². The van der Waals surface area contributed by atoms with Gasteiger partial charge in [-0.15, -0.1) is 0 Å². The number of benzene rings is 1. The minimum absolute atomic E-state index is 0.0319. The zero-order valence-electron chi connectivity index (χ0n) is 15.9. The highest BCUT2D eigenvalue weighted by molar-refractivity contribution is 5.84. The van der Waals surface area contributed by atoms with Gasteiger partial charge in [-0.2, -0.15) is 0 Å². The average Bonchev–Trinajstić information content (AvgIpc) is 3.32. The normalized spacial score (nSPS) is 21.7. The van der Waals surface area contributed by atoms with Crippen molar-refractivity contribution in [1.29, 1.82) is 0 Å². The summed E-state index contributed by atoms with van der Waals surface area (Å²) in [4.78, 5) is 18.2. The highest BCUT2D eigenvalue weighted by Gasteiger charge is 2.48. The molecule has 1 fully saturated rings. The Kier molecular flexibility index (Phi) is 3.38. The van der Waals surface area contributed by atoms with Crippen molar-refractivity contribution in [2.75, 3.05) is 7.11 Å². The molecule has 1 atom stereocenters. The molecule has 5 heteroatoms. The Balaban J connectivity index is 1.57. The van der Waals surface area contributed by atoms with Crippen LogP contribution in [0, 0.1) is 0 Å². The second kappa shape index (κ2) is 5.75. The maximum absolute atomic E-state index is 13.3. The molecule has 2 aromatic heterocycles. The molecule has 2 aliphatic heterocycles. The molecule has 1 unspecified atom stereocenters. The van der Waals surface area contributed by atoms with Crippen LogP contribution in [0.25, 0.3) is 22.3 Å². The zero-order chi connectivity index (χ0) is 18.9. The predicted molar refractivity (Wildman–Crippen MR) is 106 cm³/mol. The van der Waals surface area contributed by atoms with E-state index in [4.69, 9.17) is 14.5 Å². The van der Waals surface area contributed by atoms with E-state index in [2.05, 4.69) is 18.2 Å². The average molecular weight is 374 g/mol. The van der Waals surface area contributed by atoms with Crippen molar-refractivity contribution in [2.24, 2.45) is 0 Å². The number of ether oxygens (including phenoxy) is 2. The van der Waals surface area contributed by atoms with Gasteiger partial charge in [-0.05, 0) is 36.6 Å². The van der Waals surface area contributed by atoms with Gasteiger partial charge >= 0.3 is 0 Å². The van der Waals surface area contributed by atoms with Gasteiger partial charge in [0.25, 0.3) is 5.56 Å². The van der Waals surface area contributed by atoms with Crippen LogP contribution in [-0.4, -0.2) is 22.3 Å². The first-order chi connectivity index (χ1) is 13.7. The summed E-state index contributed by atoms with van der Waals surface area (Å²) in [5, 5.41) is 1.11. The van der Waals surface area contributed by atoms with Gasteiger partial charge in [0, 0.05) is 23.6 Å². The smallest absolute Gasteiger partial charge is 0.257 e. The number of aromatic nitrogens is 2. The molecule has 1 aromatic carbocycles. The number of rotatable bonds is 1. The van der Waals surface area contributed by atoms with Crippen molar-refractivity contribution in [3.05, 3.63) is 63.4 Å². The van der Waals surface area contributed by atoms with Gasteiger partial charge in [0.1, 0.15) is 6.10 Å². The van der Waals surface area contributed by atoms with Gasteiger partial charge in [-0.1, -0.05) is 31.0 Å². The molecule has 1 saturated carbocycles. The minimum atomic E-state index is -0.286. The number of fused-ring (bicyclic) bond motifs is 5. The number of hydrogen-bond acceptors (Lipinski definition) is 4. The Morgan fingerprint density at radius 1 is 1.21 bits per heavy atom. The van der Waals surface area contributed by atoms with Crippen LogP contribution in [0.2, 0.25) is 0 Å². The van der Waals surface area contributed by atoms with Crippen LogP contribution in [0.1, 0.15) is 48.5 Å². The molecule has 142 valence electrons. The molecule has 28 heavy (non-hydrogen) atoms. The van der Waals surface area contributed by atoms with Gasteiger partial charge in [0.15, 0.2) is 0 Å². The van der Waals surface area contributed by atoms with Gasteiger partial charge in [0.2, 0.25) is 0 Å². The summed E-state index contributed by atoms with van der Waals surface area (Å²) in [5.41, 5.74) is 5.36. The third kappa shape index (κ3) is 2.09. The van der Waals surface area contributed by atoms with Crippen molar-refractivity contribution in [2.45, 2.75) is 50.5 Å². The molecule has 0 amide bonds. The molecule has 3 aliphatic rings. The number of hydrogen-bond donors (Lipinski definition) is 0. The molecular formula is C23H22N2O3. The predicted octanol–water partition coefficient (Wildman–Crippen LogP) is 3.96. The van der Waals surface area contributed by atoms with E-state index >= 15 is 0 Å². The molecule has 6 rings (SSSR count). The fraction of sp³-hybridized carbons (Fsp3) is 0.391. The van der Waals surface area contributed by atoms with Crippen LogP contribution in [0.4, 0.5) is 0 Å².